The van der Waals surface area contributed by atoms with Gasteiger partial charge in [0, 0.05) is 6.04 Å². The number of hydrogen-bond acceptors (Lipinski definition) is 5. The van der Waals surface area contributed by atoms with Crippen LogP contribution in [0.1, 0.15) is 32.1 Å². The summed E-state index contributed by atoms with van der Waals surface area (Å²) in [7, 11) is 0. The van der Waals surface area contributed by atoms with Crippen molar-refractivity contribution in [2.45, 2.75) is 38.8 Å². The van der Waals surface area contributed by atoms with Crippen LogP contribution < -0.4 is 11.1 Å². The first-order chi connectivity index (χ1) is 6.78. The standard InChI is InChI=1S/C9H16N4O/c1-6(4-7-2-3-7)11-9-13-12-8(5-10)14-9/h6-7H,2-5,10H2,1H3,(H,11,13). The van der Waals surface area contributed by atoms with Crippen molar-refractivity contribution < 1.29 is 4.42 Å². The van der Waals surface area contributed by atoms with Crippen molar-refractivity contribution in [3.05, 3.63) is 5.89 Å². The highest BCUT2D eigenvalue weighted by molar-refractivity contribution is 5.18. The molecule has 5 nitrogen and oxygen atoms in total. The highest BCUT2D eigenvalue weighted by atomic mass is 16.4. The third-order valence-corrected chi connectivity index (χ3v) is 2.40. The Kier molecular flexibility index (Phi) is 2.67. The molecule has 5 heteroatoms. The number of aromatic nitrogens is 2. The molecule has 1 aliphatic rings. The van der Waals surface area contributed by atoms with Gasteiger partial charge >= 0.3 is 6.01 Å². The minimum absolute atomic E-state index is 0.297. The smallest absolute Gasteiger partial charge is 0.315 e. The predicted molar refractivity (Wildman–Crippen MR) is 52.6 cm³/mol. The zero-order valence-electron chi connectivity index (χ0n) is 8.36. The van der Waals surface area contributed by atoms with E-state index in [4.69, 9.17) is 10.2 Å². The molecule has 0 bridgehead atoms. The molecule has 1 fully saturated rings. The molecule has 2 rings (SSSR count). The van der Waals surface area contributed by atoms with Crippen LogP contribution >= 0.6 is 0 Å². The molecular formula is C9H16N4O. The Hall–Kier alpha value is -1.10. The number of nitrogens with zero attached hydrogens (tertiary/aromatic N) is 2. The molecule has 0 spiro atoms. The van der Waals surface area contributed by atoms with E-state index < -0.39 is 0 Å². The average Bonchev–Trinajstić information content (AvgIpc) is 2.83. The van der Waals surface area contributed by atoms with Crippen LogP contribution in [0.2, 0.25) is 0 Å². The highest BCUT2D eigenvalue weighted by Gasteiger charge is 2.24. The van der Waals surface area contributed by atoms with Gasteiger partial charge in [-0.3, -0.25) is 0 Å². The van der Waals surface area contributed by atoms with Crippen LogP contribution in [0.4, 0.5) is 6.01 Å². The van der Waals surface area contributed by atoms with Gasteiger partial charge in [0.15, 0.2) is 0 Å². The molecule has 1 unspecified atom stereocenters. The molecule has 0 saturated heterocycles. The third-order valence-electron chi connectivity index (χ3n) is 2.40. The molecule has 3 N–H and O–H groups in total. The van der Waals surface area contributed by atoms with E-state index in [9.17, 15) is 0 Å². The van der Waals surface area contributed by atoms with Crippen molar-refractivity contribution in [3.8, 4) is 0 Å². The molecule has 78 valence electrons. The Morgan fingerprint density at radius 3 is 2.93 bits per heavy atom. The number of hydrogen-bond donors (Lipinski definition) is 2. The second-order valence-corrected chi connectivity index (χ2v) is 3.93. The van der Waals surface area contributed by atoms with Gasteiger partial charge in [-0.1, -0.05) is 17.9 Å². The van der Waals surface area contributed by atoms with Gasteiger partial charge in [-0.15, -0.1) is 5.10 Å². The molecule has 1 atom stereocenters. The van der Waals surface area contributed by atoms with Gasteiger partial charge in [0.25, 0.3) is 0 Å². The van der Waals surface area contributed by atoms with Crippen molar-refractivity contribution >= 4 is 6.01 Å². The van der Waals surface area contributed by atoms with Gasteiger partial charge in [-0.05, 0) is 19.3 Å². The summed E-state index contributed by atoms with van der Waals surface area (Å²) in [6.07, 6.45) is 3.91. The van der Waals surface area contributed by atoms with Crippen molar-refractivity contribution in [2.75, 3.05) is 5.32 Å². The summed E-state index contributed by atoms with van der Waals surface area (Å²) in [6.45, 7) is 2.43. The summed E-state index contributed by atoms with van der Waals surface area (Å²) < 4.78 is 5.25. The van der Waals surface area contributed by atoms with E-state index >= 15 is 0 Å². The Balaban J connectivity index is 1.82. The Morgan fingerprint density at radius 2 is 2.36 bits per heavy atom. The molecule has 1 heterocycles. The molecule has 0 radical (unpaired) electrons. The van der Waals surface area contributed by atoms with E-state index in [1.807, 2.05) is 0 Å². The van der Waals surface area contributed by atoms with E-state index in [0.717, 1.165) is 5.92 Å². The number of rotatable bonds is 5. The molecule has 1 aliphatic carbocycles. The lowest BCUT2D eigenvalue weighted by Crippen LogP contribution is -2.15. The molecule has 14 heavy (non-hydrogen) atoms. The maximum absolute atomic E-state index is 5.36. The summed E-state index contributed by atoms with van der Waals surface area (Å²) in [4.78, 5) is 0. The van der Waals surface area contributed by atoms with E-state index in [1.54, 1.807) is 0 Å². The Labute approximate surface area is 83.1 Å². The maximum atomic E-state index is 5.36. The van der Waals surface area contributed by atoms with Gasteiger partial charge in [0.05, 0.1) is 6.54 Å². The quantitative estimate of drug-likeness (QED) is 0.738. The third kappa shape index (κ3) is 2.45. The van der Waals surface area contributed by atoms with Crippen LogP contribution in [-0.4, -0.2) is 16.2 Å². The summed E-state index contributed by atoms with van der Waals surface area (Å²) in [5.74, 6) is 1.38. The number of anilines is 1. The lowest BCUT2D eigenvalue weighted by molar-refractivity contribution is 0.497. The predicted octanol–water partition coefficient (Wildman–Crippen LogP) is 1.13. The van der Waals surface area contributed by atoms with Crippen molar-refractivity contribution in [3.63, 3.8) is 0 Å². The maximum Gasteiger partial charge on any atom is 0.315 e. The first-order valence-electron chi connectivity index (χ1n) is 5.07. The second-order valence-electron chi connectivity index (χ2n) is 3.93. The molecule has 1 aromatic heterocycles. The summed E-state index contributed by atoms with van der Waals surface area (Å²) >= 11 is 0. The van der Waals surface area contributed by atoms with Crippen LogP contribution in [0.15, 0.2) is 4.42 Å². The molecule has 1 saturated carbocycles. The summed E-state index contributed by atoms with van der Waals surface area (Å²) in [5.41, 5.74) is 5.36. The van der Waals surface area contributed by atoms with Crippen LogP contribution in [0, 0.1) is 5.92 Å². The highest BCUT2D eigenvalue weighted by Crippen LogP contribution is 2.33. The minimum Gasteiger partial charge on any atom is -0.407 e. The van der Waals surface area contributed by atoms with E-state index in [2.05, 4.69) is 22.4 Å². The van der Waals surface area contributed by atoms with Crippen molar-refractivity contribution in [2.24, 2.45) is 11.7 Å². The fourth-order valence-electron chi connectivity index (χ4n) is 1.52. The van der Waals surface area contributed by atoms with Crippen molar-refractivity contribution in [1.82, 2.24) is 10.2 Å². The van der Waals surface area contributed by atoms with Gasteiger partial charge in [0.2, 0.25) is 5.89 Å². The first kappa shape index (κ1) is 9.45. The van der Waals surface area contributed by atoms with E-state index in [1.165, 1.54) is 19.3 Å². The monoisotopic (exact) mass is 196 g/mol. The summed E-state index contributed by atoms with van der Waals surface area (Å²) in [5, 5.41) is 10.8. The molecule has 0 aliphatic heterocycles. The number of nitrogens with one attached hydrogen (secondary N) is 1. The van der Waals surface area contributed by atoms with Crippen LogP contribution in [0.5, 0.6) is 0 Å². The first-order valence-corrected chi connectivity index (χ1v) is 5.07. The molecular weight excluding hydrogens is 180 g/mol. The lowest BCUT2D eigenvalue weighted by Gasteiger charge is -2.09. The van der Waals surface area contributed by atoms with Gasteiger partial charge in [-0.25, -0.2) is 0 Å². The largest absolute Gasteiger partial charge is 0.407 e. The summed E-state index contributed by atoms with van der Waals surface area (Å²) in [6, 6.07) is 0.882. The fourth-order valence-corrected chi connectivity index (χ4v) is 1.52. The minimum atomic E-state index is 0.297. The Bertz CT molecular complexity index is 295. The SMILES string of the molecule is CC(CC1CC1)Nc1nnc(CN)o1. The topological polar surface area (TPSA) is 77.0 Å². The number of nitrogens with two attached hydrogens (primary N) is 1. The molecule has 0 aromatic carbocycles. The van der Waals surface area contributed by atoms with Crippen LogP contribution in [-0.2, 0) is 6.54 Å². The zero-order chi connectivity index (χ0) is 9.97. The van der Waals surface area contributed by atoms with Gasteiger partial charge < -0.3 is 15.5 Å². The second kappa shape index (κ2) is 3.96. The molecule has 1 aromatic rings. The van der Waals surface area contributed by atoms with Crippen molar-refractivity contribution in [1.29, 1.82) is 0 Å². The molecule has 0 amide bonds. The normalized spacial score (nSPS) is 18.1. The lowest BCUT2D eigenvalue weighted by atomic mass is 10.2. The fraction of sp³-hybridized carbons (Fsp3) is 0.778. The van der Waals surface area contributed by atoms with Gasteiger partial charge in [-0.2, -0.15) is 0 Å². The van der Waals surface area contributed by atoms with Crippen LogP contribution in [0.25, 0.3) is 0 Å². The average molecular weight is 196 g/mol. The van der Waals surface area contributed by atoms with Crippen LogP contribution in [0.3, 0.4) is 0 Å². The van der Waals surface area contributed by atoms with E-state index in [0.29, 0.717) is 24.5 Å². The zero-order valence-corrected chi connectivity index (χ0v) is 8.36. The van der Waals surface area contributed by atoms with Gasteiger partial charge in [0.1, 0.15) is 0 Å². The Morgan fingerprint density at radius 1 is 1.57 bits per heavy atom. The van der Waals surface area contributed by atoms with E-state index in [-0.39, 0.29) is 0 Å².